The predicted molar refractivity (Wildman–Crippen MR) is 73.9 cm³/mol. The molecule has 1 unspecified atom stereocenters. The summed E-state index contributed by atoms with van der Waals surface area (Å²) >= 11 is 0. The zero-order valence-corrected chi connectivity index (χ0v) is 10.6. The Morgan fingerprint density at radius 2 is 2.21 bits per heavy atom. The van der Waals surface area contributed by atoms with Gasteiger partial charge in [-0.25, -0.2) is 4.98 Å². The van der Waals surface area contributed by atoms with Gasteiger partial charge in [0.1, 0.15) is 11.9 Å². The quantitative estimate of drug-likeness (QED) is 0.845. The summed E-state index contributed by atoms with van der Waals surface area (Å²) in [7, 11) is 0. The van der Waals surface area contributed by atoms with E-state index in [-0.39, 0.29) is 6.10 Å². The Bertz CT molecular complexity index is 647. The van der Waals surface area contributed by atoms with Crippen LogP contribution in [-0.2, 0) is 0 Å². The second-order valence-electron chi connectivity index (χ2n) is 4.91. The maximum absolute atomic E-state index is 9.77. The Hall–Kier alpha value is -2.12. The molecule has 2 aromatic rings. The summed E-state index contributed by atoms with van der Waals surface area (Å²) in [4.78, 5) is 6.61. The van der Waals surface area contributed by atoms with Crippen molar-refractivity contribution in [2.45, 2.75) is 18.9 Å². The SMILES string of the molecule is N#Cc1cc2ccccc2nc1N1CCCC(O)C1. The molecule has 1 aromatic heterocycles. The number of para-hydroxylation sites is 1. The van der Waals surface area contributed by atoms with Crippen LogP contribution in [0.1, 0.15) is 18.4 Å². The van der Waals surface area contributed by atoms with E-state index in [4.69, 9.17) is 0 Å². The number of hydrogen-bond acceptors (Lipinski definition) is 4. The van der Waals surface area contributed by atoms with Crippen LogP contribution in [0.5, 0.6) is 0 Å². The largest absolute Gasteiger partial charge is 0.391 e. The van der Waals surface area contributed by atoms with Crippen LogP contribution in [0.2, 0.25) is 0 Å². The molecule has 19 heavy (non-hydrogen) atoms. The minimum absolute atomic E-state index is 0.325. The smallest absolute Gasteiger partial charge is 0.147 e. The summed E-state index contributed by atoms with van der Waals surface area (Å²) in [6, 6.07) is 11.9. The lowest BCUT2D eigenvalue weighted by Gasteiger charge is -2.31. The average molecular weight is 253 g/mol. The zero-order chi connectivity index (χ0) is 13.2. The number of pyridine rings is 1. The molecule has 4 nitrogen and oxygen atoms in total. The van der Waals surface area contributed by atoms with Crippen molar-refractivity contribution in [3.63, 3.8) is 0 Å². The van der Waals surface area contributed by atoms with Gasteiger partial charge in [-0.3, -0.25) is 0 Å². The normalized spacial score (nSPS) is 19.4. The predicted octanol–water partition coefficient (Wildman–Crippen LogP) is 2.07. The van der Waals surface area contributed by atoms with Crippen LogP contribution in [0, 0.1) is 11.3 Å². The van der Waals surface area contributed by atoms with Gasteiger partial charge in [-0.15, -0.1) is 0 Å². The Labute approximate surface area is 111 Å². The van der Waals surface area contributed by atoms with Crippen LogP contribution in [0.3, 0.4) is 0 Å². The Kier molecular flexibility index (Phi) is 3.06. The Balaban J connectivity index is 2.08. The van der Waals surface area contributed by atoms with Crippen LogP contribution in [0.15, 0.2) is 30.3 Å². The molecule has 1 aliphatic rings. The van der Waals surface area contributed by atoms with E-state index in [0.29, 0.717) is 17.9 Å². The van der Waals surface area contributed by atoms with Crippen LogP contribution < -0.4 is 4.90 Å². The maximum atomic E-state index is 9.77. The first-order chi connectivity index (χ1) is 9.28. The highest BCUT2D eigenvalue weighted by atomic mass is 16.3. The molecule has 3 rings (SSSR count). The third kappa shape index (κ3) is 2.25. The van der Waals surface area contributed by atoms with Gasteiger partial charge < -0.3 is 10.0 Å². The fourth-order valence-electron chi connectivity index (χ4n) is 2.58. The summed E-state index contributed by atoms with van der Waals surface area (Å²) < 4.78 is 0. The summed E-state index contributed by atoms with van der Waals surface area (Å²) in [5.74, 6) is 0.694. The van der Waals surface area contributed by atoms with Crippen LogP contribution in [0.25, 0.3) is 10.9 Å². The lowest BCUT2D eigenvalue weighted by Crippen LogP contribution is -2.39. The molecular formula is C15H15N3O. The number of nitriles is 1. The standard InChI is InChI=1S/C15H15N3O/c16-9-12-8-11-4-1-2-6-14(11)17-15(12)18-7-3-5-13(19)10-18/h1-2,4,6,8,13,19H,3,5,7,10H2. The minimum atomic E-state index is -0.325. The third-order valence-electron chi connectivity index (χ3n) is 3.52. The third-order valence-corrected chi connectivity index (χ3v) is 3.52. The zero-order valence-electron chi connectivity index (χ0n) is 10.6. The molecule has 4 heteroatoms. The van der Waals surface area contributed by atoms with Gasteiger partial charge in [-0.05, 0) is 25.0 Å². The molecule has 2 heterocycles. The molecule has 0 spiro atoms. The molecule has 0 amide bonds. The van der Waals surface area contributed by atoms with Gasteiger partial charge >= 0.3 is 0 Å². The van der Waals surface area contributed by atoms with Crippen molar-refractivity contribution in [2.24, 2.45) is 0 Å². The fourth-order valence-corrected chi connectivity index (χ4v) is 2.58. The number of hydrogen-bond donors (Lipinski definition) is 1. The maximum Gasteiger partial charge on any atom is 0.147 e. The first-order valence-electron chi connectivity index (χ1n) is 6.51. The molecule has 1 aromatic carbocycles. The number of β-amino-alcohol motifs (C(OH)–C–C–N with tert-alkyl or cyclic N) is 1. The van der Waals surface area contributed by atoms with E-state index in [1.807, 2.05) is 35.2 Å². The number of piperidine rings is 1. The summed E-state index contributed by atoms with van der Waals surface area (Å²) in [6.45, 7) is 1.40. The number of aliphatic hydroxyl groups excluding tert-OH is 1. The highest BCUT2D eigenvalue weighted by Crippen LogP contribution is 2.25. The van der Waals surface area contributed by atoms with E-state index in [9.17, 15) is 10.4 Å². The van der Waals surface area contributed by atoms with Crippen molar-refractivity contribution in [1.82, 2.24) is 4.98 Å². The van der Waals surface area contributed by atoms with Crippen LogP contribution in [0.4, 0.5) is 5.82 Å². The molecule has 0 bridgehead atoms. The van der Waals surface area contributed by atoms with Gasteiger partial charge in [0.05, 0.1) is 17.2 Å². The minimum Gasteiger partial charge on any atom is -0.391 e. The van der Waals surface area contributed by atoms with Gasteiger partial charge in [-0.1, -0.05) is 18.2 Å². The summed E-state index contributed by atoms with van der Waals surface area (Å²) in [5, 5.41) is 20.0. The van der Waals surface area contributed by atoms with Crippen molar-refractivity contribution in [3.05, 3.63) is 35.9 Å². The van der Waals surface area contributed by atoms with E-state index in [0.717, 1.165) is 30.3 Å². The topological polar surface area (TPSA) is 60.2 Å². The van der Waals surface area contributed by atoms with Crippen molar-refractivity contribution >= 4 is 16.7 Å². The van der Waals surface area contributed by atoms with E-state index in [1.165, 1.54) is 0 Å². The monoisotopic (exact) mass is 253 g/mol. The molecule has 0 saturated carbocycles. The highest BCUT2D eigenvalue weighted by molar-refractivity contribution is 5.83. The number of rotatable bonds is 1. The van der Waals surface area contributed by atoms with Gasteiger partial charge in [0.2, 0.25) is 0 Å². The lowest BCUT2D eigenvalue weighted by atomic mass is 10.1. The van der Waals surface area contributed by atoms with E-state index >= 15 is 0 Å². The average Bonchev–Trinajstić information content (AvgIpc) is 2.46. The van der Waals surface area contributed by atoms with E-state index < -0.39 is 0 Å². The summed E-state index contributed by atoms with van der Waals surface area (Å²) in [6.07, 6.45) is 1.43. The van der Waals surface area contributed by atoms with Crippen molar-refractivity contribution in [2.75, 3.05) is 18.0 Å². The number of nitrogens with zero attached hydrogens (tertiary/aromatic N) is 3. The number of anilines is 1. The van der Waals surface area contributed by atoms with Gasteiger partial charge in [0, 0.05) is 18.5 Å². The molecule has 1 fully saturated rings. The second kappa shape index (κ2) is 4.87. The Morgan fingerprint density at radius 3 is 3.00 bits per heavy atom. The summed E-state index contributed by atoms with van der Waals surface area (Å²) in [5.41, 5.74) is 1.46. The molecule has 1 N–H and O–H groups in total. The number of fused-ring (bicyclic) bond motifs is 1. The van der Waals surface area contributed by atoms with Gasteiger partial charge in [0.15, 0.2) is 0 Å². The van der Waals surface area contributed by atoms with Crippen LogP contribution >= 0.6 is 0 Å². The number of benzene rings is 1. The first-order valence-corrected chi connectivity index (χ1v) is 6.51. The molecule has 96 valence electrons. The Morgan fingerprint density at radius 1 is 1.37 bits per heavy atom. The molecule has 1 aliphatic heterocycles. The van der Waals surface area contributed by atoms with Crippen molar-refractivity contribution in [1.29, 1.82) is 5.26 Å². The molecule has 1 saturated heterocycles. The van der Waals surface area contributed by atoms with Crippen molar-refractivity contribution in [3.8, 4) is 6.07 Å². The van der Waals surface area contributed by atoms with E-state index in [2.05, 4.69) is 11.1 Å². The number of aromatic nitrogens is 1. The van der Waals surface area contributed by atoms with Gasteiger partial charge in [-0.2, -0.15) is 5.26 Å². The second-order valence-corrected chi connectivity index (χ2v) is 4.91. The fraction of sp³-hybridized carbons (Fsp3) is 0.333. The molecule has 0 radical (unpaired) electrons. The lowest BCUT2D eigenvalue weighted by molar-refractivity contribution is 0.154. The van der Waals surface area contributed by atoms with E-state index in [1.54, 1.807) is 0 Å². The molecule has 0 aliphatic carbocycles. The molecular weight excluding hydrogens is 238 g/mol. The van der Waals surface area contributed by atoms with Crippen molar-refractivity contribution < 1.29 is 5.11 Å². The first kappa shape index (κ1) is 11.9. The molecule has 1 atom stereocenters. The highest BCUT2D eigenvalue weighted by Gasteiger charge is 2.21. The number of aliphatic hydroxyl groups is 1. The van der Waals surface area contributed by atoms with Crippen LogP contribution in [-0.4, -0.2) is 29.3 Å². The van der Waals surface area contributed by atoms with Gasteiger partial charge in [0.25, 0.3) is 0 Å².